The third kappa shape index (κ3) is 2.91. The quantitative estimate of drug-likeness (QED) is 0.632. The number of nitrogens with one attached hydrogen (secondary N) is 1. The second-order valence-corrected chi connectivity index (χ2v) is 3.83. The highest BCUT2D eigenvalue weighted by molar-refractivity contribution is 5.57. The van der Waals surface area contributed by atoms with Gasteiger partial charge in [0.1, 0.15) is 5.82 Å². The Hall–Kier alpha value is -2.48. The van der Waals surface area contributed by atoms with Gasteiger partial charge in [-0.2, -0.15) is 15.0 Å². The number of nitrogens with zero attached hydrogens (tertiary/aromatic N) is 4. The number of halogens is 1. The number of hydrazine groups is 1. The van der Waals surface area contributed by atoms with Crippen LogP contribution in [0.3, 0.4) is 0 Å². The molecule has 2 aromatic rings. The average molecular weight is 278 g/mol. The molecule has 0 aliphatic heterocycles. The molecule has 0 radical (unpaired) electrons. The van der Waals surface area contributed by atoms with E-state index in [1.807, 2.05) is 0 Å². The monoisotopic (exact) mass is 278 g/mol. The topological polar surface area (TPSA) is 89.2 Å². The van der Waals surface area contributed by atoms with Gasteiger partial charge in [-0.25, -0.2) is 10.2 Å². The maximum atomic E-state index is 13.8. The van der Waals surface area contributed by atoms with Gasteiger partial charge in [-0.3, -0.25) is 5.43 Å². The minimum absolute atomic E-state index is 0.119. The zero-order valence-corrected chi connectivity index (χ0v) is 11.2. The highest BCUT2D eigenvalue weighted by atomic mass is 19.1. The average Bonchev–Trinajstić information content (AvgIpc) is 2.47. The lowest BCUT2D eigenvalue weighted by atomic mass is 10.3. The van der Waals surface area contributed by atoms with E-state index in [1.54, 1.807) is 32.2 Å². The molecule has 0 spiro atoms. The molecule has 0 saturated carbocycles. The fourth-order valence-electron chi connectivity index (χ4n) is 1.59. The van der Waals surface area contributed by atoms with Crippen molar-refractivity contribution in [2.24, 2.45) is 5.84 Å². The number of nitrogens with two attached hydrogens (primary N) is 1. The lowest BCUT2D eigenvalue weighted by molar-refractivity contribution is 0.312. The molecule has 0 amide bonds. The summed E-state index contributed by atoms with van der Waals surface area (Å²) in [5.74, 6) is 5.29. The Morgan fingerprint density at radius 3 is 2.70 bits per heavy atom. The van der Waals surface area contributed by atoms with E-state index in [0.29, 0.717) is 12.3 Å². The summed E-state index contributed by atoms with van der Waals surface area (Å²) in [7, 11) is 1.64. The van der Waals surface area contributed by atoms with E-state index in [0.717, 1.165) is 0 Å². The van der Waals surface area contributed by atoms with Crippen LogP contribution in [0.25, 0.3) is 0 Å². The fraction of sp³-hybridized carbons (Fsp3) is 0.250. The number of rotatable bonds is 5. The summed E-state index contributed by atoms with van der Waals surface area (Å²) in [5, 5.41) is 0. The minimum Gasteiger partial charge on any atom is -0.464 e. The maximum absolute atomic E-state index is 13.8. The number of para-hydroxylation sites is 1. The van der Waals surface area contributed by atoms with Gasteiger partial charge in [0.2, 0.25) is 11.9 Å². The smallest absolute Gasteiger partial charge is 0.323 e. The lowest BCUT2D eigenvalue weighted by Gasteiger charge is -2.18. The van der Waals surface area contributed by atoms with E-state index in [1.165, 1.54) is 11.0 Å². The second-order valence-electron chi connectivity index (χ2n) is 3.83. The molecule has 1 aromatic heterocycles. The Balaban J connectivity index is 2.40. The van der Waals surface area contributed by atoms with E-state index in [-0.39, 0.29) is 23.7 Å². The summed E-state index contributed by atoms with van der Waals surface area (Å²) in [6.45, 7) is 2.20. The largest absolute Gasteiger partial charge is 0.464 e. The molecule has 0 fully saturated rings. The van der Waals surface area contributed by atoms with Gasteiger partial charge in [0, 0.05) is 7.05 Å². The zero-order chi connectivity index (χ0) is 14.5. The third-order valence-electron chi connectivity index (χ3n) is 2.52. The van der Waals surface area contributed by atoms with Crippen molar-refractivity contribution in [2.75, 3.05) is 24.0 Å². The van der Waals surface area contributed by atoms with Crippen LogP contribution in [-0.2, 0) is 0 Å². The third-order valence-corrected chi connectivity index (χ3v) is 2.52. The van der Waals surface area contributed by atoms with E-state index >= 15 is 0 Å². The predicted octanol–water partition coefficient (Wildman–Crippen LogP) is 1.46. The van der Waals surface area contributed by atoms with Gasteiger partial charge < -0.3 is 9.64 Å². The van der Waals surface area contributed by atoms with Crippen molar-refractivity contribution < 1.29 is 9.13 Å². The molecule has 3 N–H and O–H groups in total. The first-order valence-corrected chi connectivity index (χ1v) is 5.99. The van der Waals surface area contributed by atoms with Crippen molar-refractivity contribution in [1.29, 1.82) is 0 Å². The summed E-state index contributed by atoms with van der Waals surface area (Å²) >= 11 is 0. The zero-order valence-electron chi connectivity index (χ0n) is 11.2. The van der Waals surface area contributed by atoms with Crippen LogP contribution in [0.4, 0.5) is 22.0 Å². The summed E-state index contributed by atoms with van der Waals surface area (Å²) in [4.78, 5) is 13.6. The number of benzene rings is 1. The Bertz CT molecular complexity index is 594. The van der Waals surface area contributed by atoms with Crippen molar-refractivity contribution >= 4 is 17.6 Å². The van der Waals surface area contributed by atoms with Crippen LogP contribution in [0, 0.1) is 5.82 Å². The van der Waals surface area contributed by atoms with Gasteiger partial charge in [-0.1, -0.05) is 12.1 Å². The molecule has 106 valence electrons. The molecule has 0 unspecified atom stereocenters. The van der Waals surface area contributed by atoms with E-state index < -0.39 is 0 Å². The number of hydrogen-bond acceptors (Lipinski definition) is 7. The van der Waals surface area contributed by atoms with Gasteiger partial charge in [0.05, 0.1) is 12.3 Å². The first-order chi connectivity index (χ1) is 9.65. The number of nitrogen functional groups attached to an aromatic ring is 1. The number of anilines is 3. The van der Waals surface area contributed by atoms with Gasteiger partial charge >= 0.3 is 6.01 Å². The number of aromatic nitrogens is 3. The van der Waals surface area contributed by atoms with Crippen LogP contribution in [0.15, 0.2) is 24.3 Å². The van der Waals surface area contributed by atoms with Crippen molar-refractivity contribution in [3.05, 3.63) is 30.1 Å². The molecule has 0 aliphatic rings. The molecule has 1 aromatic carbocycles. The molecule has 0 aliphatic carbocycles. The Kier molecular flexibility index (Phi) is 4.26. The highest BCUT2D eigenvalue weighted by Crippen LogP contribution is 2.24. The maximum Gasteiger partial charge on any atom is 0.323 e. The Morgan fingerprint density at radius 1 is 1.30 bits per heavy atom. The van der Waals surface area contributed by atoms with E-state index in [4.69, 9.17) is 10.6 Å². The van der Waals surface area contributed by atoms with Crippen LogP contribution in [0.5, 0.6) is 6.01 Å². The summed E-state index contributed by atoms with van der Waals surface area (Å²) in [6.07, 6.45) is 0. The van der Waals surface area contributed by atoms with Crippen LogP contribution >= 0.6 is 0 Å². The van der Waals surface area contributed by atoms with Crippen LogP contribution in [-0.4, -0.2) is 28.6 Å². The lowest BCUT2D eigenvalue weighted by Crippen LogP contribution is -2.19. The van der Waals surface area contributed by atoms with Crippen LogP contribution in [0.2, 0.25) is 0 Å². The number of ether oxygens (including phenoxy) is 1. The first kappa shape index (κ1) is 13.9. The van der Waals surface area contributed by atoms with Gasteiger partial charge in [-0.15, -0.1) is 0 Å². The summed E-state index contributed by atoms with van der Waals surface area (Å²) < 4.78 is 19.0. The minimum atomic E-state index is -0.379. The molecule has 20 heavy (non-hydrogen) atoms. The Morgan fingerprint density at radius 2 is 2.05 bits per heavy atom. The van der Waals surface area contributed by atoms with Crippen molar-refractivity contribution in [3.8, 4) is 6.01 Å². The molecule has 1 heterocycles. The van der Waals surface area contributed by atoms with Crippen molar-refractivity contribution in [2.45, 2.75) is 6.92 Å². The molecule has 8 heteroatoms. The van der Waals surface area contributed by atoms with Gasteiger partial charge in [-0.05, 0) is 19.1 Å². The normalized spacial score (nSPS) is 10.2. The summed E-state index contributed by atoms with van der Waals surface area (Å²) in [5.41, 5.74) is 2.66. The molecule has 0 atom stereocenters. The summed E-state index contributed by atoms with van der Waals surface area (Å²) in [6, 6.07) is 6.43. The van der Waals surface area contributed by atoms with Gasteiger partial charge in [0.25, 0.3) is 0 Å². The molecular formula is C12H15FN6O. The fourth-order valence-corrected chi connectivity index (χ4v) is 1.59. The predicted molar refractivity (Wildman–Crippen MR) is 73.3 cm³/mol. The molecule has 2 rings (SSSR count). The first-order valence-electron chi connectivity index (χ1n) is 5.99. The molecule has 0 saturated heterocycles. The Labute approximate surface area is 115 Å². The SMILES string of the molecule is CCOc1nc(NN)nc(N(C)c2ccccc2F)n1. The molecule has 0 bridgehead atoms. The van der Waals surface area contributed by atoms with Crippen molar-refractivity contribution in [3.63, 3.8) is 0 Å². The standard InChI is InChI=1S/C12H15FN6O/c1-3-20-12-16-10(18-14)15-11(17-12)19(2)9-7-5-4-6-8(9)13/h4-7H,3,14H2,1-2H3,(H,15,16,17,18). The molecule has 7 nitrogen and oxygen atoms in total. The van der Waals surface area contributed by atoms with Crippen LogP contribution < -0.4 is 20.9 Å². The van der Waals surface area contributed by atoms with Crippen molar-refractivity contribution in [1.82, 2.24) is 15.0 Å². The second kappa shape index (κ2) is 6.11. The van der Waals surface area contributed by atoms with Crippen LogP contribution in [0.1, 0.15) is 6.92 Å². The van der Waals surface area contributed by atoms with E-state index in [9.17, 15) is 4.39 Å². The van der Waals surface area contributed by atoms with E-state index in [2.05, 4.69) is 20.4 Å². The van der Waals surface area contributed by atoms with Gasteiger partial charge in [0.15, 0.2) is 0 Å². The molecular weight excluding hydrogens is 263 g/mol. The number of hydrogen-bond donors (Lipinski definition) is 2. The highest BCUT2D eigenvalue weighted by Gasteiger charge is 2.14.